The van der Waals surface area contributed by atoms with E-state index in [-0.39, 0.29) is 29.1 Å². The van der Waals surface area contributed by atoms with E-state index in [4.69, 9.17) is 0 Å². The molecule has 8 heteroatoms. The number of thiol groups is 1. The summed E-state index contributed by atoms with van der Waals surface area (Å²) in [5, 5.41) is 8.76. The highest BCUT2D eigenvalue weighted by Crippen LogP contribution is 2.33. The molecular formula is C16H27N3O3S2. The molecule has 136 valence electrons. The first-order valence-corrected chi connectivity index (χ1v) is 10.2. The molecule has 2 aliphatic heterocycles. The van der Waals surface area contributed by atoms with Gasteiger partial charge in [0, 0.05) is 17.4 Å². The van der Waals surface area contributed by atoms with Crippen LogP contribution >= 0.6 is 24.4 Å². The summed E-state index contributed by atoms with van der Waals surface area (Å²) in [6.45, 7) is 2.09. The lowest BCUT2D eigenvalue weighted by atomic mass is 10.0. The average molecular weight is 374 g/mol. The topological polar surface area (TPSA) is 87.3 Å². The van der Waals surface area contributed by atoms with Crippen molar-refractivity contribution in [3.8, 4) is 0 Å². The predicted octanol–water partition coefficient (Wildman–Crippen LogP) is 1.84. The SMILES string of the molecule is CCCCCC(=O)NC(CCC[C@@H]1SC[C@@H]2NC(=O)N[C@@H]21)C(=O)S. The molecule has 2 heterocycles. The van der Waals surface area contributed by atoms with Crippen LogP contribution in [0.15, 0.2) is 0 Å². The van der Waals surface area contributed by atoms with Crippen molar-refractivity contribution in [3.63, 3.8) is 0 Å². The Kier molecular flexibility index (Phi) is 7.74. The molecule has 0 spiro atoms. The molecule has 0 bridgehead atoms. The zero-order valence-electron chi connectivity index (χ0n) is 14.0. The second kappa shape index (κ2) is 9.56. The lowest BCUT2D eigenvalue weighted by Gasteiger charge is -2.19. The summed E-state index contributed by atoms with van der Waals surface area (Å²) in [4.78, 5) is 34.9. The zero-order valence-corrected chi connectivity index (χ0v) is 15.8. The van der Waals surface area contributed by atoms with Crippen LogP contribution in [0.25, 0.3) is 0 Å². The first kappa shape index (κ1) is 19.4. The van der Waals surface area contributed by atoms with Gasteiger partial charge in [-0.05, 0) is 25.7 Å². The molecular weight excluding hydrogens is 346 g/mol. The van der Waals surface area contributed by atoms with Crippen molar-refractivity contribution >= 4 is 41.4 Å². The smallest absolute Gasteiger partial charge is 0.315 e. The van der Waals surface area contributed by atoms with E-state index in [9.17, 15) is 14.4 Å². The van der Waals surface area contributed by atoms with E-state index in [0.717, 1.165) is 37.9 Å². The van der Waals surface area contributed by atoms with Gasteiger partial charge in [-0.1, -0.05) is 19.8 Å². The maximum atomic E-state index is 11.9. The van der Waals surface area contributed by atoms with Gasteiger partial charge in [0.25, 0.3) is 0 Å². The van der Waals surface area contributed by atoms with Gasteiger partial charge in [-0.15, -0.1) is 12.6 Å². The van der Waals surface area contributed by atoms with Crippen LogP contribution in [0.1, 0.15) is 51.9 Å². The normalized spacial score (nSPS) is 26.4. The molecule has 3 N–H and O–H groups in total. The molecule has 0 saturated carbocycles. The fourth-order valence-electron chi connectivity index (χ4n) is 3.23. The summed E-state index contributed by atoms with van der Waals surface area (Å²) < 4.78 is 0. The molecule has 2 aliphatic rings. The first-order chi connectivity index (χ1) is 11.5. The second-order valence-electron chi connectivity index (χ2n) is 6.47. The van der Waals surface area contributed by atoms with Crippen LogP contribution in [0.5, 0.6) is 0 Å². The van der Waals surface area contributed by atoms with E-state index < -0.39 is 6.04 Å². The Morgan fingerprint density at radius 2 is 2.12 bits per heavy atom. The van der Waals surface area contributed by atoms with Crippen molar-refractivity contribution in [3.05, 3.63) is 0 Å². The largest absolute Gasteiger partial charge is 0.345 e. The summed E-state index contributed by atoms with van der Waals surface area (Å²) in [6, 6.07) is -0.205. The van der Waals surface area contributed by atoms with Crippen LogP contribution in [0.2, 0.25) is 0 Å². The third kappa shape index (κ3) is 5.58. The maximum absolute atomic E-state index is 11.9. The highest BCUT2D eigenvalue weighted by atomic mass is 32.2. The van der Waals surface area contributed by atoms with E-state index >= 15 is 0 Å². The molecule has 6 nitrogen and oxygen atoms in total. The lowest BCUT2D eigenvalue weighted by molar-refractivity contribution is -0.124. The van der Waals surface area contributed by atoms with Crippen molar-refractivity contribution < 1.29 is 14.4 Å². The number of carbonyl (C=O) groups excluding carboxylic acids is 3. The molecule has 0 radical (unpaired) electrons. The molecule has 4 atom stereocenters. The number of nitrogens with one attached hydrogen (secondary N) is 3. The minimum Gasteiger partial charge on any atom is -0.345 e. The molecule has 2 fully saturated rings. The Hall–Kier alpha value is -0.890. The second-order valence-corrected chi connectivity index (χ2v) is 8.18. The van der Waals surface area contributed by atoms with Crippen LogP contribution in [-0.2, 0) is 9.59 Å². The summed E-state index contributed by atoms with van der Waals surface area (Å²) in [5.74, 6) is 0.857. The summed E-state index contributed by atoms with van der Waals surface area (Å²) >= 11 is 5.76. The van der Waals surface area contributed by atoms with E-state index in [1.165, 1.54) is 0 Å². The fourth-order valence-corrected chi connectivity index (χ4v) is 4.96. The van der Waals surface area contributed by atoms with Crippen LogP contribution in [0.4, 0.5) is 4.79 Å². The predicted molar refractivity (Wildman–Crippen MR) is 99.4 cm³/mol. The van der Waals surface area contributed by atoms with Gasteiger partial charge in [-0.25, -0.2) is 4.79 Å². The molecule has 1 unspecified atom stereocenters. The third-order valence-corrected chi connectivity index (χ3v) is 6.38. The number of unbranched alkanes of at least 4 members (excludes halogenated alkanes) is 2. The number of hydrogen-bond acceptors (Lipinski definition) is 4. The average Bonchev–Trinajstić information content (AvgIpc) is 3.06. The van der Waals surface area contributed by atoms with Crippen LogP contribution in [-0.4, -0.2) is 46.2 Å². The Balaban J connectivity index is 1.71. The molecule has 0 aliphatic carbocycles. The van der Waals surface area contributed by atoms with Crippen molar-refractivity contribution in [2.75, 3.05) is 5.75 Å². The van der Waals surface area contributed by atoms with Crippen molar-refractivity contribution in [2.45, 2.75) is 75.2 Å². The van der Waals surface area contributed by atoms with E-state index in [0.29, 0.717) is 18.1 Å². The lowest BCUT2D eigenvalue weighted by Crippen LogP contribution is -2.39. The van der Waals surface area contributed by atoms with Gasteiger partial charge in [0.1, 0.15) is 0 Å². The molecule has 24 heavy (non-hydrogen) atoms. The number of fused-ring (bicyclic) bond motifs is 1. The Morgan fingerprint density at radius 3 is 2.83 bits per heavy atom. The monoisotopic (exact) mass is 373 g/mol. The zero-order chi connectivity index (χ0) is 17.5. The van der Waals surface area contributed by atoms with Crippen LogP contribution in [0.3, 0.4) is 0 Å². The number of carbonyl (C=O) groups is 3. The fraction of sp³-hybridized carbons (Fsp3) is 0.812. The van der Waals surface area contributed by atoms with Gasteiger partial charge >= 0.3 is 6.03 Å². The highest BCUT2D eigenvalue weighted by Gasteiger charge is 2.42. The Morgan fingerprint density at radius 1 is 1.33 bits per heavy atom. The van der Waals surface area contributed by atoms with Gasteiger partial charge < -0.3 is 16.0 Å². The van der Waals surface area contributed by atoms with Crippen molar-refractivity contribution in [2.24, 2.45) is 0 Å². The number of amides is 3. The summed E-state index contributed by atoms with van der Waals surface area (Å²) in [5.41, 5.74) is 0. The molecule has 2 rings (SSSR count). The van der Waals surface area contributed by atoms with E-state index in [1.54, 1.807) is 0 Å². The van der Waals surface area contributed by atoms with Gasteiger partial charge in [0.2, 0.25) is 11.0 Å². The summed E-state index contributed by atoms with van der Waals surface area (Å²) in [7, 11) is 0. The minimum absolute atomic E-state index is 0.0709. The van der Waals surface area contributed by atoms with Crippen molar-refractivity contribution in [1.29, 1.82) is 0 Å². The standard InChI is InChI=1S/C16H27N3O3S2/c1-2-3-4-8-13(20)17-10(15(21)23)6-5-7-12-14-11(9-24-12)18-16(22)19-14/h10-12,14H,2-9H2,1H3,(H,17,20)(H,21,23)(H2,18,19,22)/t10?,11-,12-,14-/m0/s1. The summed E-state index contributed by atoms with van der Waals surface area (Å²) in [6.07, 6.45) is 5.73. The van der Waals surface area contributed by atoms with E-state index in [2.05, 4.69) is 35.5 Å². The number of urea groups is 1. The Labute approximate surface area is 153 Å². The quantitative estimate of drug-likeness (QED) is 0.267. The number of thioether (sulfide) groups is 1. The van der Waals surface area contributed by atoms with Gasteiger partial charge in [-0.2, -0.15) is 11.8 Å². The maximum Gasteiger partial charge on any atom is 0.315 e. The molecule has 0 aromatic heterocycles. The number of rotatable bonds is 10. The van der Waals surface area contributed by atoms with Gasteiger partial charge in [-0.3, -0.25) is 9.59 Å². The molecule has 3 amide bonds. The molecule has 0 aromatic carbocycles. The van der Waals surface area contributed by atoms with Crippen LogP contribution < -0.4 is 16.0 Å². The first-order valence-electron chi connectivity index (χ1n) is 8.72. The number of hydrogen-bond donors (Lipinski definition) is 4. The third-order valence-electron chi connectivity index (χ3n) is 4.56. The minimum atomic E-state index is -0.513. The van der Waals surface area contributed by atoms with Crippen LogP contribution in [0, 0.1) is 0 Å². The molecule has 2 saturated heterocycles. The Bertz CT molecular complexity index is 475. The van der Waals surface area contributed by atoms with Gasteiger partial charge in [0.05, 0.1) is 18.1 Å². The highest BCUT2D eigenvalue weighted by molar-refractivity contribution is 8.00. The van der Waals surface area contributed by atoms with Crippen molar-refractivity contribution in [1.82, 2.24) is 16.0 Å². The van der Waals surface area contributed by atoms with Gasteiger partial charge in [0.15, 0.2) is 0 Å². The van der Waals surface area contributed by atoms with E-state index in [1.807, 2.05) is 11.8 Å². The molecule has 0 aromatic rings.